The second-order valence-corrected chi connectivity index (χ2v) is 9.59. The monoisotopic (exact) mass is 528 g/mol. The van der Waals surface area contributed by atoms with Crippen molar-refractivity contribution in [3.8, 4) is 29.3 Å². The van der Waals surface area contributed by atoms with Gasteiger partial charge in [0, 0.05) is 22.9 Å². The number of hydrogen-bond acceptors (Lipinski definition) is 7. The number of fused-ring (bicyclic) bond motifs is 1. The summed E-state index contributed by atoms with van der Waals surface area (Å²) in [4.78, 5) is 29.3. The predicted octanol–water partition coefficient (Wildman–Crippen LogP) is 5.52. The Kier molecular flexibility index (Phi) is 6.51. The Morgan fingerprint density at radius 3 is 2.42 bits per heavy atom. The SMILES string of the molecule is COc1ncc(-c2nc3c(n2C(C)C)C(c2ccc(Cl)cc2)N(c2ccc(C#N)cc2C)C3=O)c(OC)n1. The van der Waals surface area contributed by atoms with Crippen molar-refractivity contribution < 1.29 is 14.3 Å². The number of nitrogens with zero attached hydrogens (tertiary/aromatic N) is 6. The van der Waals surface area contributed by atoms with Crippen LogP contribution < -0.4 is 14.4 Å². The number of aryl methyl sites for hydroxylation is 1. The van der Waals surface area contributed by atoms with Gasteiger partial charge in [0.05, 0.1) is 37.1 Å². The van der Waals surface area contributed by atoms with Crippen LogP contribution in [0.3, 0.4) is 0 Å². The third-order valence-corrected chi connectivity index (χ3v) is 6.77. The maximum Gasteiger partial charge on any atom is 0.319 e. The van der Waals surface area contributed by atoms with Crippen molar-refractivity contribution in [1.82, 2.24) is 19.5 Å². The van der Waals surface area contributed by atoms with Gasteiger partial charge in [-0.25, -0.2) is 9.97 Å². The summed E-state index contributed by atoms with van der Waals surface area (Å²) in [6.45, 7) is 5.95. The van der Waals surface area contributed by atoms with Crippen molar-refractivity contribution in [1.29, 1.82) is 5.26 Å². The number of nitriles is 1. The fourth-order valence-corrected chi connectivity index (χ4v) is 5.01. The van der Waals surface area contributed by atoms with Gasteiger partial charge >= 0.3 is 6.01 Å². The largest absolute Gasteiger partial charge is 0.480 e. The smallest absolute Gasteiger partial charge is 0.319 e. The minimum atomic E-state index is -0.491. The summed E-state index contributed by atoms with van der Waals surface area (Å²) in [5.74, 6) is 0.563. The molecule has 2 aromatic heterocycles. The summed E-state index contributed by atoms with van der Waals surface area (Å²) in [6, 6.07) is 14.5. The van der Waals surface area contributed by atoms with Gasteiger partial charge in [-0.05, 0) is 62.2 Å². The van der Waals surface area contributed by atoms with E-state index in [1.807, 2.05) is 43.5 Å². The van der Waals surface area contributed by atoms with Crippen molar-refractivity contribution in [3.05, 3.63) is 81.8 Å². The molecule has 3 heterocycles. The third-order valence-electron chi connectivity index (χ3n) is 6.52. The molecular formula is C28H25ClN6O3. The number of ether oxygens (including phenoxy) is 2. The van der Waals surface area contributed by atoms with Gasteiger partial charge < -0.3 is 14.0 Å². The van der Waals surface area contributed by atoms with Gasteiger partial charge in [0.15, 0.2) is 5.69 Å². The summed E-state index contributed by atoms with van der Waals surface area (Å²) >= 11 is 6.22. The maximum atomic E-state index is 14.1. The van der Waals surface area contributed by atoms with Crippen molar-refractivity contribution in [3.63, 3.8) is 0 Å². The van der Waals surface area contributed by atoms with Crippen LogP contribution in [0.5, 0.6) is 11.9 Å². The van der Waals surface area contributed by atoms with Gasteiger partial charge in [-0.2, -0.15) is 10.2 Å². The Hall–Kier alpha value is -4.42. The molecule has 5 rings (SSSR count). The molecule has 0 N–H and O–H groups in total. The molecule has 0 fully saturated rings. The molecule has 0 radical (unpaired) electrons. The number of imidazole rings is 1. The number of carbonyl (C=O) groups is 1. The summed E-state index contributed by atoms with van der Waals surface area (Å²) in [7, 11) is 2.99. The molecular weight excluding hydrogens is 504 g/mol. The number of anilines is 1. The Balaban J connectivity index is 1.77. The zero-order valence-electron chi connectivity index (χ0n) is 21.6. The fraction of sp³-hybridized carbons (Fsp3) is 0.250. The van der Waals surface area contributed by atoms with E-state index in [2.05, 4.69) is 16.0 Å². The molecule has 4 aromatic rings. The molecule has 1 amide bonds. The second kappa shape index (κ2) is 9.80. The number of halogens is 1. The Morgan fingerprint density at radius 2 is 1.82 bits per heavy atom. The lowest BCUT2D eigenvalue weighted by Gasteiger charge is -2.29. The van der Waals surface area contributed by atoms with E-state index >= 15 is 0 Å². The van der Waals surface area contributed by atoms with E-state index in [1.54, 1.807) is 35.4 Å². The molecule has 1 atom stereocenters. The van der Waals surface area contributed by atoms with Gasteiger partial charge in [-0.1, -0.05) is 23.7 Å². The standard InChI is InChI=1S/C28H25ClN6O3/c1-15(2)34-24-22(32-25(34)20-14-31-28(38-5)33-26(20)37-4)27(36)35(21-11-6-17(13-30)12-16(21)3)23(24)18-7-9-19(29)10-8-18/h6-12,14-15,23H,1-5H3. The van der Waals surface area contributed by atoms with Gasteiger partial charge in [0.25, 0.3) is 5.91 Å². The lowest BCUT2D eigenvalue weighted by molar-refractivity contribution is 0.0989. The number of carbonyl (C=O) groups excluding carboxylic acids is 1. The summed E-state index contributed by atoms with van der Waals surface area (Å²) in [6.07, 6.45) is 1.59. The molecule has 1 aliphatic heterocycles. The molecule has 0 spiro atoms. The average Bonchev–Trinajstić information content (AvgIpc) is 3.43. The summed E-state index contributed by atoms with van der Waals surface area (Å²) in [5, 5.41) is 9.96. The second-order valence-electron chi connectivity index (χ2n) is 9.15. The van der Waals surface area contributed by atoms with Crippen LogP contribution in [0, 0.1) is 18.3 Å². The zero-order valence-corrected chi connectivity index (χ0v) is 22.3. The normalized spacial score (nSPS) is 14.5. The highest BCUT2D eigenvalue weighted by Gasteiger charge is 2.45. The van der Waals surface area contributed by atoms with Crippen LogP contribution in [0.25, 0.3) is 11.4 Å². The van der Waals surface area contributed by atoms with Crippen LogP contribution >= 0.6 is 11.6 Å². The number of amides is 1. The highest BCUT2D eigenvalue weighted by molar-refractivity contribution is 6.30. The summed E-state index contributed by atoms with van der Waals surface area (Å²) in [5.41, 5.74) is 4.52. The Labute approximate surface area is 225 Å². The summed E-state index contributed by atoms with van der Waals surface area (Å²) < 4.78 is 12.7. The molecule has 9 nitrogen and oxygen atoms in total. The van der Waals surface area contributed by atoms with Gasteiger partial charge in [-0.15, -0.1) is 0 Å². The number of methoxy groups -OCH3 is 2. The van der Waals surface area contributed by atoms with Crippen LogP contribution in [0.1, 0.15) is 58.8 Å². The topological polar surface area (TPSA) is 106 Å². The minimum absolute atomic E-state index is 0.0716. The van der Waals surface area contributed by atoms with Gasteiger partial charge in [-0.3, -0.25) is 9.69 Å². The van der Waals surface area contributed by atoms with E-state index in [0.717, 1.165) is 16.8 Å². The maximum absolute atomic E-state index is 14.1. The number of rotatable bonds is 6. The first-order valence-corrected chi connectivity index (χ1v) is 12.3. The van der Waals surface area contributed by atoms with Crippen molar-refractivity contribution in [2.45, 2.75) is 32.9 Å². The van der Waals surface area contributed by atoms with E-state index in [9.17, 15) is 10.1 Å². The molecule has 0 bridgehead atoms. The van der Waals surface area contributed by atoms with Crippen LogP contribution in [0.15, 0.2) is 48.7 Å². The fourth-order valence-electron chi connectivity index (χ4n) is 4.88. The van der Waals surface area contributed by atoms with E-state index in [0.29, 0.717) is 33.4 Å². The van der Waals surface area contributed by atoms with Crippen LogP contribution in [-0.4, -0.2) is 39.6 Å². The number of hydrogen-bond donors (Lipinski definition) is 0. The van der Waals surface area contributed by atoms with Crippen LogP contribution in [0.4, 0.5) is 5.69 Å². The highest BCUT2D eigenvalue weighted by atomic mass is 35.5. The number of benzene rings is 2. The Bertz CT molecular complexity index is 1590. The first kappa shape index (κ1) is 25.2. The van der Waals surface area contributed by atoms with E-state index in [1.165, 1.54) is 14.2 Å². The Morgan fingerprint density at radius 1 is 1.08 bits per heavy atom. The first-order valence-electron chi connectivity index (χ1n) is 12.0. The quantitative estimate of drug-likeness (QED) is 0.324. The van der Waals surface area contributed by atoms with Crippen molar-refractivity contribution >= 4 is 23.2 Å². The average molecular weight is 529 g/mol. The van der Waals surface area contributed by atoms with E-state index < -0.39 is 6.04 Å². The minimum Gasteiger partial charge on any atom is -0.480 e. The molecule has 1 aliphatic rings. The molecule has 10 heteroatoms. The molecule has 1 unspecified atom stereocenters. The van der Waals surface area contributed by atoms with E-state index in [-0.39, 0.29) is 23.8 Å². The molecule has 0 saturated carbocycles. The third kappa shape index (κ3) is 4.03. The van der Waals surface area contributed by atoms with Crippen molar-refractivity contribution in [2.75, 3.05) is 19.1 Å². The zero-order chi connectivity index (χ0) is 27.1. The lowest BCUT2D eigenvalue weighted by Crippen LogP contribution is -2.31. The van der Waals surface area contributed by atoms with Crippen LogP contribution in [-0.2, 0) is 0 Å². The molecule has 0 aliphatic carbocycles. The van der Waals surface area contributed by atoms with Gasteiger partial charge in [0.1, 0.15) is 11.9 Å². The lowest BCUT2D eigenvalue weighted by atomic mass is 10.0. The molecule has 38 heavy (non-hydrogen) atoms. The molecule has 192 valence electrons. The van der Waals surface area contributed by atoms with Gasteiger partial charge in [0.2, 0.25) is 5.88 Å². The van der Waals surface area contributed by atoms with Crippen LogP contribution in [0.2, 0.25) is 5.02 Å². The van der Waals surface area contributed by atoms with E-state index in [4.69, 9.17) is 26.1 Å². The first-order chi connectivity index (χ1) is 18.3. The molecule has 0 saturated heterocycles. The highest BCUT2D eigenvalue weighted by Crippen LogP contribution is 2.46. The molecule has 2 aromatic carbocycles. The van der Waals surface area contributed by atoms with Crippen molar-refractivity contribution in [2.24, 2.45) is 0 Å². The number of aromatic nitrogens is 4. The predicted molar refractivity (Wildman–Crippen MR) is 143 cm³/mol.